The molecule has 1 aliphatic heterocycles. The van der Waals surface area contributed by atoms with Crippen LogP contribution in [0.25, 0.3) is 127 Å². The van der Waals surface area contributed by atoms with Crippen LogP contribution >= 0.6 is 0 Å². The number of hydrogen-bond donors (Lipinski definition) is 0. The van der Waals surface area contributed by atoms with E-state index in [0.29, 0.717) is 6.54 Å². The molecule has 0 spiro atoms. The molecule has 15 aromatic rings. The van der Waals surface area contributed by atoms with Gasteiger partial charge in [-0.15, -0.1) is 0 Å². The fraction of sp³-hybridized carbons (Fsp3) is 0.0139. The standard InChI is InChI=1S/C72H48N6/c1-47-21-5-4-20-44-74(62-31-15-10-26-53(47)62)50-38-36-48(37-39-50)49-45-67(77-65-34-18-13-29-56(65)60-42-40-58-54-27-11-16-32-63(54)75(69(58)71(60)77)51-22-6-2-7-23-51)73-68(46-49)78-66-35-19-14-30-57(66)61-43-41-59-55-28-12-17-33-64(55)76(70(59)72(61)78)52-24-8-3-9-25-52/h2-43,45-46H,1,44H2/b20-4-,21-5-. The average molecular weight is 997 g/mol. The highest BCUT2D eigenvalue weighted by atomic mass is 15.2. The number of pyridine rings is 1. The Labute approximate surface area is 449 Å². The van der Waals surface area contributed by atoms with Crippen LogP contribution in [0.4, 0.5) is 11.4 Å². The molecular formula is C72H48N6. The Bertz CT molecular complexity index is 4760. The van der Waals surface area contributed by atoms with Crippen LogP contribution in [-0.2, 0) is 0 Å². The van der Waals surface area contributed by atoms with Gasteiger partial charge in [0.05, 0.1) is 44.1 Å². The summed E-state index contributed by atoms with van der Waals surface area (Å²) in [6.07, 6.45) is 8.49. The molecule has 0 fully saturated rings. The van der Waals surface area contributed by atoms with E-state index in [4.69, 9.17) is 4.98 Å². The quantitative estimate of drug-likeness (QED) is 0.166. The van der Waals surface area contributed by atoms with E-state index in [0.717, 1.165) is 101 Å². The van der Waals surface area contributed by atoms with Crippen LogP contribution in [-0.4, -0.2) is 29.8 Å². The molecule has 0 unspecified atom stereocenters. The van der Waals surface area contributed by atoms with Crippen LogP contribution in [0.5, 0.6) is 0 Å². The zero-order valence-corrected chi connectivity index (χ0v) is 42.5. The van der Waals surface area contributed by atoms with E-state index in [1.54, 1.807) is 0 Å². The summed E-state index contributed by atoms with van der Waals surface area (Å²) in [5, 5.41) is 9.44. The average Bonchev–Trinajstić information content (AvgIpc) is 4.24. The number of rotatable bonds is 6. The predicted molar refractivity (Wildman–Crippen MR) is 328 cm³/mol. The smallest absolute Gasteiger partial charge is 0.140 e. The third-order valence-electron chi connectivity index (χ3n) is 16.1. The van der Waals surface area contributed by atoms with Crippen LogP contribution < -0.4 is 4.90 Å². The Morgan fingerprint density at radius 2 is 0.744 bits per heavy atom. The van der Waals surface area contributed by atoms with Gasteiger partial charge in [-0.1, -0.05) is 195 Å². The van der Waals surface area contributed by atoms with Gasteiger partial charge in [0.1, 0.15) is 11.6 Å². The summed E-state index contributed by atoms with van der Waals surface area (Å²) in [4.78, 5) is 8.38. The molecule has 0 radical (unpaired) electrons. The maximum absolute atomic E-state index is 6.00. The van der Waals surface area contributed by atoms with Crippen LogP contribution in [0.1, 0.15) is 5.56 Å². The molecule has 1 aliphatic rings. The molecule has 0 saturated heterocycles. The summed E-state index contributed by atoms with van der Waals surface area (Å²) in [5.41, 5.74) is 17.6. The maximum Gasteiger partial charge on any atom is 0.140 e. The van der Waals surface area contributed by atoms with E-state index in [1.807, 2.05) is 0 Å². The number of anilines is 2. The molecule has 16 rings (SSSR count). The zero-order chi connectivity index (χ0) is 51.4. The molecule has 0 atom stereocenters. The molecule has 5 aromatic heterocycles. The van der Waals surface area contributed by atoms with Crippen LogP contribution in [0.15, 0.2) is 274 Å². The Kier molecular flexibility index (Phi) is 9.75. The summed E-state index contributed by atoms with van der Waals surface area (Å²) in [6, 6.07) is 88.4. The molecule has 6 heterocycles. The second kappa shape index (κ2) is 17.3. The Morgan fingerprint density at radius 3 is 1.23 bits per heavy atom. The van der Waals surface area contributed by atoms with Gasteiger partial charge in [-0.3, -0.25) is 9.13 Å². The third-order valence-corrected chi connectivity index (χ3v) is 16.1. The van der Waals surface area contributed by atoms with Crippen molar-refractivity contribution in [3.05, 3.63) is 279 Å². The van der Waals surface area contributed by atoms with Gasteiger partial charge in [-0.2, -0.15) is 0 Å². The van der Waals surface area contributed by atoms with Crippen molar-refractivity contribution in [2.24, 2.45) is 0 Å². The van der Waals surface area contributed by atoms with Crippen molar-refractivity contribution >= 4 is 104 Å². The molecule has 0 N–H and O–H groups in total. The highest BCUT2D eigenvalue weighted by molar-refractivity contribution is 6.25. The van der Waals surface area contributed by atoms with Gasteiger partial charge in [-0.05, 0) is 95.6 Å². The molecule has 0 bridgehead atoms. The van der Waals surface area contributed by atoms with Crippen molar-refractivity contribution in [3.8, 4) is 34.1 Å². The third kappa shape index (κ3) is 6.53. The summed E-state index contributed by atoms with van der Waals surface area (Å²) in [6.45, 7) is 5.16. The van der Waals surface area contributed by atoms with E-state index >= 15 is 0 Å². The number of hydrogen-bond acceptors (Lipinski definition) is 2. The second-order valence-corrected chi connectivity index (χ2v) is 20.4. The molecule has 0 amide bonds. The fourth-order valence-corrected chi connectivity index (χ4v) is 12.7. The van der Waals surface area contributed by atoms with E-state index in [9.17, 15) is 0 Å². The Morgan fingerprint density at radius 1 is 0.333 bits per heavy atom. The van der Waals surface area contributed by atoms with Crippen molar-refractivity contribution in [1.82, 2.24) is 23.3 Å². The number of aromatic nitrogens is 5. The van der Waals surface area contributed by atoms with Crippen LogP contribution in [0, 0.1) is 0 Å². The lowest BCUT2D eigenvalue weighted by Crippen LogP contribution is -2.18. The number of para-hydroxylation sites is 7. The molecule has 6 heteroatoms. The number of fused-ring (bicyclic) bond motifs is 15. The SMILES string of the molecule is C=C1/C=C\C=C/CN(c2ccc(-c3cc(-n4c5ccccc5c5ccc6c7ccccc7n(-c7ccccc7)c6c54)nc(-n4c5ccccc5c5ccc6c7ccccc7n(-c7ccccc7)c6c54)c3)cc2)c2ccccc21. The first-order valence-corrected chi connectivity index (χ1v) is 26.7. The lowest BCUT2D eigenvalue weighted by atomic mass is 10.0. The largest absolute Gasteiger partial charge is 0.337 e. The van der Waals surface area contributed by atoms with Gasteiger partial charge in [0.15, 0.2) is 0 Å². The molecule has 78 heavy (non-hydrogen) atoms. The highest BCUT2D eigenvalue weighted by Gasteiger charge is 2.26. The van der Waals surface area contributed by atoms with Crippen molar-refractivity contribution < 1.29 is 0 Å². The van der Waals surface area contributed by atoms with Crippen molar-refractivity contribution in [2.45, 2.75) is 0 Å². The van der Waals surface area contributed by atoms with Gasteiger partial charge >= 0.3 is 0 Å². The lowest BCUT2D eigenvalue weighted by Gasteiger charge is -2.26. The predicted octanol–water partition coefficient (Wildman–Crippen LogP) is 18.4. The number of allylic oxidation sites excluding steroid dienone is 4. The van der Waals surface area contributed by atoms with Crippen LogP contribution in [0.2, 0.25) is 0 Å². The highest BCUT2D eigenvalue weighted by Crippen LogP contribution is 2.45. The van der Waals surface area contributed by atoms with Gasteiger partial charge in [0, 0.05) is 77.9 Å². The molecule has 0 saturated carbocycles. The minimum atomic E-state index is 0.710. The fourth-order valence-electron chi connectivity index (χ4n) is 12.7. The van der Waals surface area contributed by atoms with E-state index in [2.05, 4.69) is 297 Å². The normalized spacial score (nSPS) is 13.8. The first-order chi connectivity index (χ1) is 38.7. The summed E-state index contributed by atoms with van der Waals surface area (Å²) >= 11 is 0. The van der Waals surface area contributed by atoms with Crippen molar-refractivity contribution in [2.75, 3.05) is 11.4 Å². The van der Waals surface area contributed by atoms with E-state index < -0.39 is 0 Å². The summed E-state index contributed by atoms with van der Waals surface area (Å²) in [5.74, 6) is 1.64. The second-order valence-electron chi connectivity index (χ2n) is 20.4. The summed E-state index contributed by atoms with van der Waals surface area (Å²) < 4.78 is 9.77. The van der Waals surface area contributed by atoms with Crippen molar-refractivity contribution in [1.29, 1.82) is 0 Å². The van der Waals surface area contributed by atoms with E-state index in [1.165, 1.54) is 43.1 Å². The van der Waals surface area contributed by atoms with Gasteiger partial charge in [0.2, 0.25) is 0 Å². The number of benzene rings is 10. The Balaban J connectivity index is 1.02. The molecular weight excluding hydrogens is 949 g/mol. The molecule has 0 aliphatic carbocycles. The first-order valence-electron chi connectivity index (χ1n) is 26.7. The first kappa shape index (κ1) is 43.9. The lowest BCUT2D eigenvalue weighted by molar-refractivity contribution is 1.01. The Hall–Kier alpha value is -10.4. The van der Waals surface area contributed by atoms with Crippen LogP contribution in [0.3, 0.4) is 0 Å². The minimum absolute atomic E-state index is 0.710. The van der Waals surface area contributed by atoms with Gasteiger partial charge in [-0.25, -0.2) is 4.98 Å². The zero-order valence-electron chi connectivity index (χ0n) is 42.5. The topological polar surface area (TPSA) is 35.9 Å². The van der Waals surface area contributed by atoms with E-state index in [-0.39, 0.29) is 0 Å². The summed E-state index contributed by atoms with van der Waals surface area (Å²) in [7, 11) is 0. The number of nitrogens with zero attached hydrogens (tertiary/aromatic N) is 6. The molecule has 10 aromatic carbocycles. The minimum Gasteiger partial charge on any atom is -0.337 e. The van der Waals surface area contributed by atoms with Gasteiger partial charge in [0.25, 0.3) is 0 Å². The van der Waals surface area contributed by atoms with Crippen molar-refractivity contribution in [3.63, 3.8) is 0 Å². The maximum atomic E-state index is 6.00. The monoisotopic (exact) mass is 996 g/mol. The molecule has 6 nitrogen and oxygen atoms in total. The van der Waals surface area contributed by atoms with Gasteiger partial charge < -0.3 is 14.0 Å². The molecule has 366 valence electrons.